The van der Waals surface area contributed by atoms with Crippen LogP contribution in [0.1, 0.15) is 17.5 Å². The summed E-state index contributed by atoms with van der Waals surface area (Å²) in [7, 11) is 0. The number of rotatable bonds is 8. The Morgan fingerprint density at radius 2 is 1.93 bits per heavy atom. The molecule has 6 nitrogen and oxygen atoms in total. The lowest BCUT2D eigenvalue weighted by atomic mass is 10.1. The molecule has 2 aromatic carbocycles. The van der Waals surface area contributed by atoms with Crippen molar-refractivity contribution < 1.29 is 23.9 Å². The average molecular weight is 428 g/mol. The van der Waals surface area contributed by atoms with Crippen LogP contribution in [0.3, 0.4) is 0 Å². The van der Waals surface area contributed by atoms with Gasteiger partial charge in [0, 0.05) is 13.0 Å². The summed E-state index contributed by atoms with van der Waals surface area (Å²) >= 11 is 0.759. The molecule has 2 aromatic rings. The average Bonchev–Trinajstić information content (AvgIpc) is 2.99. The summed E-state index contributed by atoms with van der Waals surface area (Å²) in [5.74, 6) is -1.31. The number of carbonyl (C=O) groups is 3. The fraction of sp³-hybridized carbons (Fsp3) is 0.227. The zero-order chi connectivity index (χ0) is 21.5. The molecule has 3 rings (SSSR count). The lowest BCUT2D eigenvalue weighted by molar-refractivity contribution is -0.124. The number of benzene rings is 2. The smallest absolute Gasteiger partial charge is 0.293 e. The first kappa shape index (κ1) is 21.7. The van der Waals surface area contributed by atoms with Crippen molar-refractivity contribution in [1.29, 1.82) is 0 Å². The quantitative estimate of drug-likeness (QED) is 0.632. The van der Waals surface area contributed by atoms with E-state index in [4.69, 9.17) is 0 Å². The standard InChI is InChI=1S/C22H21FN2O4S/c23-17-8-4-7-16(11-17)13-19-21(28)25(22(29)30-19)10-9-20(27)24-18(14-26)12-15-5-2-1-3-6-15/h1-8,11,13,18,26H,9-10,12,14H2,(H,24,27). The van der Waals surface area contributed by atoms with E-state index in [9.17, 15) is 23.9 Å². The van der Waals surface area contributed by atoms with Crippen LogP contribution in [0.15, 0.2) is 59.5 Å². The van der Waals surface area contributed by atoms with Crippen LogP contribution in [-0.4, -0.2) is 46.3 Å². The lowest BCUT2D eigenvalue weighted by Gasteiger charge is -2.18. The lowest BCUT2D eigenvalue weighted by Crippen LogP contribution is -2.41. The fourth-order valence-corrected chi connectivity index (χ4v) is 3.88. The molecule has 156 valence electrons. The van der Waals surface area contributed by atoms with E-state index in [1.165, 1.54) is 24.3 Å². The summed E-state index contributed by atoms with van der Waals surface area (Å²) in [6, 6.07) is 14.7. The number of thioether (sulfide) groups is 1. The molecule has 30 heavy (non-hydrogen) atoms. The van der Waals surface area contributed by atoms with Gasteiger partial charge in [0.1, 0.15) is 5.82 Å². The molecule has 1 fully saturated rings. The van der Waals surface area contributed by atoms with E-state index in [0.717, 1.165) is 22.2 Å². The Morgan fingerprint density at radius 3 is 2.63 bits per heavy atom. The van der Waals surface area contributed by atoms with Crippen LogP contribution >= 0.6 is 11.8 Å². The maximum absolute atomic E-state index is 13.3. The Balaban J connectivity index is 1.55. The molecule has 1 heterocycles. The van der Waals surface area contributed by atoms with E-state index in [1.807, 2.05) is 30.3 Å². The Labute approximate surface area is 177 Å². The van der Waals surface area contributed by atoms with E-state index in [1.54, 1.807) is 6.07 Å². The molecule has 0 bridgehead atoms. The Bertz CT molecular complexity index is 965. The van der Waals surface area contributed by atoms with Gasteiger partial charge in [-0.15, -0.1) is 0 Å². The first-order chi connectivity index (χ1) is 14.5. The van der Waals surface area contributed by atoms with E-state index < -0.39 is 23.0 Å². The summed E-state index contributed by atoms with van der Waals surface area (Å²) in [5.41, 5.74) is 1.45. The van der Waals surface area contributed by atoms with Gasteiger partial charge in [-0.25, -0.2) is 4.39 Å². The van der Waals surface area contributed by atoms with Crippen molar-refractivity contribution >= 4 is 34.9 Å². The highest BCUT2D eigenvalue weighted by atomic mass is 32.2. The van der Waals surface area contributed by atoms with Gasteiger partial charge >= 0.3 is 0 Å². The monoisotopic (exact) mass is 428 g/mol. The van der Waals surface area contributed by atoms with Crippen molar-refractivity contribution in [3.05, 3.63) is 76.4 Å². The summed E-state index contributed by atoms with van der Waals surface area (Å²) in [4.78, 5) is 38.1. The third-order valence-electron chi connectivity index (χ3n) is 4.49. The summed E-state index contributed by atoms with van der Waals surface area (Å²) in [6.45, 7) is -0.293. The molecule has 1 aliphatic rings. The minimum absolute atomic E-state index is 0.0690. The predicted octanol–water partition coefficient (Wildman–Crippen LogP) is 2.97. The van der Waals surface area contributed by atoms with Crippen LogP contribution in [-0.2, 0) is 16.0 Å². The molecular weight excluding hydrogens is 407 g/mol. The highest BCUT2D eigenvalue weighted by molar-refractivity contribution is 8.18. The van der Waals surface area contributed by atoms with Crippen molar-refractivity contribution in [3.8, 4) is 0 Å². The molecule has 1 saturated heterocycles. The third-order valence-corrected chi connectivity index (χ3v) is 5.40. The summed E-state index contributed by atoms with van der Waals surface area (Å²) < 4.78 is 13.3. The van der Waals surface area contributed by atoms with Crippen molar-refractivity contribution in [2.24, 2.45) is 0 Å². The fourth-order valence-electron chi connectivity index (χ4n) is 3.01. The maximum atomic E-state index is 13.3. The number of imide groups is 1. The molecule has 0 saturated carbocycles. The molecule has 0 spiro atoms. The molecule has 8 heteroatoms. The molecule has 1 aliphatic heterocycles. The zero-order valence-electron chi connectivity index (χ0n) is 16.1. The van der Waals surface area contributed by atoms with Crippen LogP contribution in [0.5, 0.6) is 0 Å². The first-order valence-corrected chi connectivity index (χ1v) is 10.2. The molecule has 0 aliphatic carbocycles. The van der Waals surface area contributed by atoms with Gasteiger partial charge in [-0.2, -0.15) is 0 Å². The third kappa shape index (κ3) is 5.77. The van der Waals surface area contributed by atoms with Gasteiger partial charge in [0.05, 0.1) is 17.6 Å². The van der Waals surface area contributed by atoms with Crippen LogP contribution < -0.4 is 5.32 Å². The van der Waals surface area contributed by atoms with Crippen molar-refractivity contribution in [3.63, 3.8) is 0 Å². The maximum Gasteiger partial charge on any atom is 0.293 e. The molecule has 0 aromatic heterocycles. The van der Waals surface area contributed by atoms with E-state index in [-0.39, 0.29) is 30.4 Å². The minimum atomic E-state index is -0.509. The van der Waals surface area contributed by atoms with E-state index in [0.29, 0.717) is 12.0 Å². The molecule has 3 amide bonds. The number of aliphatic hydroxyl groups is 1. The summed E-state index contributed by atoms with van der Waals surface area (Å²) in [6.07, 6.45) is 1.85. The highest BCUT2D eigenvalue weighted by Gasteiger charge is 2.35. The Kier molecular flexibility index (Phi) is 7.37. The number of hydrogen-bond acceptors (Lipinski definition) is 5. The van der Waals surface area contributed by atoms with Gasteiger partial charge in [-0.1, -0.05) is 42.5 Å². The number of amides is 3. The number of carbonyl (C=O) groups excluding carboxylic acids is 3. The highest BCUT2D eigenvalue weighted by Crippen LogP contribution is 2.32. The van der Waals surface area contributed by atoms with Crippen LogP contribution in [0.4, 0.5) is 9.18 Å². The molecule has 2 N–H and O–H groups in total. The summed E-state index contributed by atoms with van der Waals surface area (Å²) in [5, 5.41) is 11.8. The second-order valence-electron chi connectivity index (χ2n) is 6.78. The van der Waals surface area contributed by atoms with Crippen molar-refractivity contribution in [1.82, 2.24) is 10.2 Å². The van der Waals surface area contributed by atoms with E-state index >= 15 is 0 Å². The number of nitrogens with one attached hydrogen (secondary N) is 1. The van der Waals surface area contributed by atoms with Gasteiger partial charge in [0.2, 0.25) is 5.91 Å². The molecule has 1 atom stereocenters. The van der Waals surface area contributed by atoms with Gasteiger partial charge in [-0.3, -0.25) is 19.3 Å². The largest absolute Gasteiger partial charge is 0.394 e. The SMILES string of the molecule is O=C(CCN1C(=O)SC(=Cc2cccc(F)c2)C1=O)NC(CO)Cc1ccccc1. The number of aliphatic hydroxyl groups excluding tert-OH is 1. The topological polar surface area (TPSA) is 86.7 Å². The normalized spacial score (nSPS) is 16.2. The van der Waals surface area contributed by atoms with Crippen molar-refractivity contribution in [2.45, 2.75) is 18.9 Å². The van der Waals surface area contributed by atoms with Gasteiger partial charge in [0.15, 0.2) is 0 Å². The van der Waals surface area contributed by atoms with Crippen LogP contribution in [0, 0.1) is 5.82 Å². The minimum Gasteiger partial charge on any atom is -0.394 e. The molecule has 1 unspecified atom stereocenters. The number of hydrogen-bond donors (Lipinski definition) is 2. The number of halogens is 1. The van der Waals surface area contributed by atoms with Crippen LogP contribution in [0.25, 0.3) is 6.08 Å². The second kappa shape index (κ2) is 10.2. The molecule has 0 radical (unpaired) electrons. The Hall–Kier alpha value is -2.97. The van der Waals surface area contributed by atoms with E-state index in [2.05, 4.69) is 5.32 Å². The Morgan fingerprint density at radius 1 is 1.17 bits per heavy atom. The zero-order valence-corrected chi connectivity index (χ0v) is 16.9. The molecular formula is C22H21FN2O4S. The van der Waals surface area contributed by atoms with Gasteiger partial charge < -0.3 is 10.4 Å². The first-order valence-electron chi connectivity index (χ1n) is 9.41. The number of nitrogens with zero attached hydrogens (tertiary/aromatic N) is 1. The second-order valence-corrected chi connectivity index (χ2v) is 7.77. The van der Waals surface area contributed by atoms with Gasteiger partial charge in [-0.05, 0) is 47.5 Å². The predicted molar refractivity (Wildman–Crippen MR) is 113 cm³/mol. The van der Waals surface area contributed by atoms with Gasteiger partial charge in [0.25, 0.3) is 11.1 Å². The van der Waals surface area contributed by atoms with Crippen molar-refractivity contribution in [2.75, 3.05) is 13.2 Å². The van der Waals surface area contributed by atoms with Crippen LogP contribution in [0.2, 0.25) is 0 Å².